The van der Waals surface area contributed by atoms with Crippen molar-refractivity contribution in [1.29, 1.82) is 0 Å². The predicted molar refractivity (Wildman–Crippen MR) is 69.4 cm³/mol. The Bertz CT molecular complexity index is 530. The quantitative estimate of drug-likeness (QED) is 0.908. The molecule has 1 aliphatic heterocycles. The highest BCUT2D eigenvalue weighted by molar-refractivity contribution is 7.16. The highest BCUT2D eigenvalue weighted by Gasteiger charge is 2.22. The number of halogens is 1. The van der Waals surface area contributed by atoms with Gasteiger partial charge < -0.3 is 10.0 Å². The molecule has 0 saturated heterocycles. The first kappa shape index (κ1) is 11.0. The summed E-state index contributed by atoms with van der Waals surface area (Å²) in [5.41, 5.74) is 2.67. The van der Waals surface area contributed by atoms with E-state index in [-0.39, 0.29) is 6.61 Å². The minimum absolute atomic E-state index is 0.0444. The summed E-state index contributed by atoms with van der Waals surface area (Å²) < 4.78 is 0. The van der Waals surface area contributed by atoms with E-state index in [1.807, 2.05) is 0 Å². The maximum absolute atomic E-state index is 9.12. The number of rotatable bonds is 2. The molecule has 1 aliphatic rings. The number of nitrogens with zero attached hydrogens (tertiary/aromatic N) is 2. The fourth-order valence-electron chi connectivity index (χ4n) is 2.02. The van der Waals surface area contributed by atoms with Crippen LogP contribution in [0.15, 0.2) is 24.3 Å². The van der Waals surface area contributed by atoms with Gasteiger partial charge in [0.15, 0.2) is 5.13 Å². The maximum atomic E-state index is 9.12. The number of hydrogen-bond acceptors (Lipinski definition) is 4. The zero-order chi connectivity index (χ0) is 11.8. The van der Waals surface area contributed by atoms with Crippen LogP contribution in [0.3, 0.4) is 0 Å². The summed E-state index contributed by atoms with van der Waals surface area (Å²) >= 11 is 7.41. The summed E-state index contributed by atoms with van der Waals surface area (Å²) in [4.78, 5) is 7.21. The molecule has 1 aromatic heterocycles. The van der Waals surface area contributed by atoms with Crippen LogP contribution in [0.2, 0.25) is 5.15 Å². The summed E-state index contributed by atoms with van der Waals surface area (Å²) in [6, 6.07) is 8.38. The van der Waals surface area contributed by atoms with Crippen LogP contribution >= 0.6 is 22.9 Å². The van der Waals surface area contributed by atoms with Gasteiger partial charge in [-0.25, -0.2) is 4.98 Å². The number of benzene rings is 1. The van der Waals surface area contributed by atoms with Gasteiger partial charge in [-0.3, -0.25) is 0 Å². The van der Waals surface area contributed by atoms with Crippen molar-refractivity contribution in [3.05, 3.63) is 45.4 Å². The molecule has 2 aromatic rings. The Labute approximate surface area is 108 Å². The van der Waals surface area contributed by atoms with Crippen molar-refractivity contribution >= 4 is 28.1 Å². The lowest BCUT2D eigenvalue weighted by Gasteiger charge is -2.12. The van der Waals surface area contributed by atoms with Crippen molar-refractivity contribution in [2.24, 2.45) is 0 Å². The summed E-state index contributed by atoms with van der Waals surface area (Å²) in [5, 5.41) is 10.4. The van der Waals surface area contributed by atoms with E-state index in [1.165, 1.54) is 22.5 Å². The van der Waals surface area contributed by atoms with Crippen molar-refractivity contribution in [2.75, 3.05) is 4.90 Å². The molecule has 0 radical (unpaired) electrons. The smallest absolute Gasteiger partial charge is 0.187 e. The summed E-state index contributed by atoms with van der Waals surface area (Å²) in [7, 11) is 0. The molecule has 0 spiro atoms. The lowest BCUT2D eigenvalue weighted by molar-refractivity contribution is 0.285. The second-order valence-electron chi connectivity index (χ2n) is 3.99. The van der Waals surface area contributed by atoms with Crippen LogP contribution in [-0.4, -0.2) is 10.1 Å². The SMILES string of the molecule is OCc1sc(N2Cc3ccccc3C2)nc1Cl. The minimum atomic E-state index is -0.0444. The van der Waals surface area contributed by atoms with Gasteiger partial charge in [0.25, 0.3) is 0 Å². The molecule has 5 heteroatoms. The largest absolute Gasteiger partial charge is 0.391 e. The van der Waals surface area contributed by atoms with Crippen molar-refractivity contribution in [3.63, 3.8) is 0 Å². The zero-order valence-electron chi connectivity index (χ0n) is 9.06. The van der Waals surface area contributed by atoms with Crippen LogP contribution in [0.25, 0.3) is 0 Å². The first-order valence-electron chi connectivity index (χ1n) is 5.35. The van der Waals surface area contributed by atoms with E-state index < -0.39 is 0 Å². The Balaban J connectivity index is 1.88. The molecular formula is C12H11ClN2OS. The topological polar surface area (TPSA) is 36.4 Å². The molecule has 0 atom stereocenters. The maximum Gasteiger partial charge on any atom is 0.187 e. The Hall–Kier alpha value is -1.10. The molecule has 17 heavy (non-hydrogen) atoms. The Morgan fingerprint density at radius 1 is 1.29 bits per heavy atom. The number of anilines is 1. The third-order valence-corrected chi connectivity index (χ3v) is 4.42. The number of aliphatic hydroxyl groups excluding tert-OH is 1. The predicted octanol–water partition coefficient (Wildman–Crippen LogP) is 2.81. The second-order valence-corrected chi connectivity index (χ2v) is 5.41. The van der Waals surface area contributed by atoms with E-state index >= 15 is 0 Å². The van der Waals surface area contributed by atoms with Crippen molar-refractivity contribution in [1.82, 2.24) is 4.98 Å². The Morgan fingerprint density at radius 2 is 1.94 bits per heavy atom. The molecular weight excluding hydrogens is 256 g/mol. The van der Waals surface area contributed by atoms with Gasteiger partial charge in [0.05, 0.1) is 11.5 Å². The lowest BCUT2D eigenvalue weighted by atomic mass is 10.1. The molecule has 0 unspecified atom stereocenters. The molecule has 1 aromatic carbocycles. The van der Waals surface area contributed by atoms with Gasteiger partial charge >= 0.3 is 0 Å². The average Bonchev–Trinajstić information content (AvgIpc) is 2.91. The Kier molecular flexibility index (Phi) is 2.78. The number of thiazole rings is 1. The molecule has 1 N–H and O–H groups in total. The summed E-state index contributed by atoms with van der Waals surface area (Å²) in [6.45, 7) is 1.69. The highest BCUT2D eigenvalue weighted by atomic mass is 35.5. The highest BCUT2D eigenvalue weighted by Crippen LogP contribution is 2.34. The molecule has 2 heterocycles. The standard InChI is InChI=1S/C12H11ClN2OS/c13-11-10(7-16)17-12(14-11)15-5-8-3-1-2-4-9(8)6-15/h1-4,16H,5-7H2. The van der Waals surface area contributed by atoms with E-state index in [9.17, 15) is 0 Å². The van der Waals surface area contributed by atoms with Gasteiger partial charge in [-0.15, -0.1) is 0 Å². The first-order valence-corrected chi connectivity index (χ1v) is 6.55. The molecule has 0 aliphatic carbocycles. The second kappa shape index (κ2) is 4.29. The van der Waals surface area contributed by atoms with Gasteiger partial charge in [0.1, 0.15) is 5.15 Å². The van der Waals surface area contributed by atoms with Crippen LogP contribution in [-0.2, 0) is 19.7 Å². The molecule has 0 amide bonds. The van der Waals surface area contributed by atoms with Gasteiger partial charge in [0, 0.05) is 13.1 Å². The van der Waals surface area contributed by atoms with Gasteiger partial charge in [-0.05, 0) is 11.1 Å². The van der Waals surface area contributed by atoms with Gasteiger partial charge in [-0.2, -0.15) is 0 Å². The molecule has 3 nitrogen and oxygen atoms in total. The van der Waals surface area contributed by atoms with Crippen LogP contribution in [0.1, 0.15) is 16.0 Å². The number of hydrogen-bond donors (Lipinski definition) is 1. The number of aromatic nitrogens is 1. The van der Waals surface area contributed by atoms with Crippen LogP contribution < -0.4 is 4.90 Å². The number of aliphatic hydroxyl groups is 1. The third kappa shape index (κ3) is 1.92. The van der Waals surface area contributed by atoms with Crippen LogP contribution in [0.4, 0.5) is 5.13 Å². The Morgan fingerprint density at radius 3 is 2.47 bits per heavy atom. The summed E-state index contributed by atoms with van der Waals surface area (Å²) in [6.07, 6.45) is 0. The number of fused-ring (bicyclic) bond motifs is 1. The molecule has 0 bridgehead atoms. The van der Waals surface area contributed by atoms with Crippen molar-refractivity contribution < 1.29 is 5.11 Å². The van der Waals surface area contributed by atoms with Gasteiger partial charge in [-0.1, -0.05) is 47.2 Å². The normalized spacial score (nSPS) is 14.1. The summed E-state index contributed by atoms with van der Waals surface area (Å²) in [5.74, 6) is 0. The molecule has 0 saturated carbocycles. The van der Waals surface area contributed by atoms with Crippen molar-refractivity contribution in [3.8, 4) is 0 Å². The van der Waals surface area contributed by atoms with E-state index in [0.29, 0.717) is 5.15 Å². The van der Waals surface area contributed by atoms with Gasteiger partial charge in [0.2, 0.25) is 0 Å². The van der Waals surface area contributed by atoms with E-state index in [2.05, 4.69) is 34.1 Å². The van der Waals surface area contributed by atoms with E-state index in [0.717, 1.165) is 23.1 Å². The van der Waals surface area contributed by atoms with Crippen molar-refractivity contribution in [2.45, 2.75) is 19.7 Å². The average molecular weight is 267 g/mol. The van der Waals surface area contributed by atoms with E-state index in [4.69, 9.17) is 16.7 Å². The van der Waals surface area contributed by atoms with Crippen LogP contribution in [0.5, 0.6) is 0 Å². The zero-order valence-corrected chi connectivity index (χ0v) is 10.6. The lowest BCUT2D eigenvalue weighted by Crippen LogP contribution is -2.13. The first-order chi connectivity index (χ1) is 8.28. The third-order valence-electron chi connectivity index (χ3n) is 2.89. The van der Waals surface area contributed by atoms with Crippen LogP contribution in [0, 0.1) is 0 Å². The molecule has 0 fully saturated rings. The fourth-order valence-corrected chi connectivity index (χ4v) is 3.14. The minimum Gasteiger partial charge on any atom is -0.391 e. The fraction of sp³-hybridized carbons (Fsp3) is 0.250. The molecule has 88 valence electrons. The molecule has 3 rings (SSSR count). The monoisotopic (exact) mass is 266 g/mol. The van der Waals surface area contributed by atoms with E-state index in [1.54, 1.807) is 0 Å².